The molecule has 1 aromatic carbocycles. The molecule has 3 rings (SSSR count). The van der Waals surface area contributed by atoms with E-state index in [0.717, 1.165) is 46.4 Å². The van der Waals surface area contributed by atoms with Crippen molar-refractivity contribution in [2.75, 3.05) is 13.7 Å². The Morgan fingerprint density at radius 2 is 2.04 bits per heavy atom. The summed E-state index contributed by atoms with van der Waals surface area (Å²) >= 11 is 0. The van der Waals surface area contributed by atoms with E-state index < -0.39 is 8.07 Å². The average molecular weight is 395 g/mol. The molecule has 0 aliphatic heterocycles. The standard InChI is InChI=1S/C21H26N4O2Si/c1-26-17-5-6-19-20(13-17)25(15-27-11-12-28(2,3)4)21(24-19)18-8-10-23-14-16(18)7-9-22/h5-6,8,10,13-14H,11-12,15,22H2,1-4H3. The highest BCUT2D eigenvalue weighted by Gasteiger charge is 2.17. The molecule has 2 N–H and O–H groups in total. The summed E-state index contributed by atoms with van der Waals surface area (Å²) in [5.41, 5.74) is 8.87. The van der Waals surface area contributed by atoms with Crippen LogP contribution in [0.5, 0.6) is 5.75 Å². The summed E-state index contributed by atoms with van der Waals surface area (Å²) < 4.78 is 13.5. The van der Waals surface area contributed by atoms with E-state index in [4.69, 9.17) is 20.2 Å². The van der Waals surface area contributed by atoms with Crippen LogP contribution < -0.4 is 10.5 Å². The van der Waals surface area contributed by atoms with Crippen LogP contribution in [0, 0.1) is 12.0 Å². The van der Waals surface area contributed by atoms with Gasteiger partial charge in [-0.3, -0.25) is 9.55 Å². The van der Waals surface area contributed by atoms with Gasteiger partial charge >= 0.3 is 0 Å². The minimum atomic E-state index is -1.16. The maximum atomic E-state index is 6.04. The van der Waals surface area contributed by atoms with Crippen molar-refractivity contribution in [1.29, 1.82) is 0 Å². The van der Waals surface area contributed by atoms with Crippen molar-refractivity contribution in [3.8, 4) is 29.1 Å². The normalized spacial score (nSPS) is 11.3. The lowest BCUT2D eigenvalue weighted by Gasteiger charge is -2.16. The van der Waals surface area contributed by atoms with Crippen LogP contribution >= 0.6 is 0 Å². The maximum Gasteiger partial charge on any atom is 0.144 e. The Morgan fingerprint density at radius 3 is 2.75 bits per heavy atom. The second-order valence-corrected chi connectivity index (χ2v) is 13.4. The van der Waals surface area contributed by atoms with Gasteiger partial charge in [0.25, 0.3) is 0 Å². The zero-order chi connectivity index (χ0) is 20.1. The molecule has 0 amide bonds. The minimum absolute atomic E-state index is 0.404. The smallest absolute Gasteiger partial charge is 0.144 e. The van der Waals surface area contributed by atoms with E-state index in [1.807, 2.05) is 24.3 Å². The maximum absolute atomic E-state index is 6.04. The molecular weight excluding hydrogens is 368 g/mol. The van der Waals surface area contributed by atoms with Crippen molar-refractivity contribution >= 4 is 19.1 Å². The fraction of sp³-hybridized carbons (Fsp3) is 0.333. The van der Waals surface area contributed by atoms with Crippen LogP contribution in [0.2, 0.25) is 25.7 Å². The van der Waals surface area contributed by atoms with Crippen LogP contribution in [0.15, 0.2) is 36.7 Å². The number of rotatable bonds is 7. The molecule has 3 aromatic rings. The van der Waals surface area contributed by atoms with Gasteiger partial charge in [0.05, 0.1) is 23.7 Å². The van der Waals surface area contributed by atoms with E-state index in [0.29, 0.717) is 6.73 Å². The van der Waals surface area contributed by atoms with E-state index in [1.54, 1.807) is 19.5 Å². The zero-order valence-corrected chi connectivity index (χ0v) is 17.8. The van der Waals surface area contributed by atoms with Crippen LogP contribution in [0.3, 0.4) is 0 Å². The van der Waals surface area contributed by atoms with E-state index in [-0.39, 0.29) is 0 Å². The molecular formula is C21H26N4O2Si. The summed E-state index contributed by atoms with van der Waals surface area (Å²) in [4.78, 5) is 8.99. The molecule has 0 radical (unpaired) electrons. The van der Waals surface area contributed by atoms with Crippen molar-refractivity contribution < 1.29 is 9.47 Å². The van der Waals surface area contributed by atoms with Crippen LogP contribution in [0.1, 0.15) is 5.56 Å². The first-order chi connectivity index (χ1) is 13.4. The Hall–Kier alpha value is -2.82. The van der Waals surface area contributed by atoms with Gasteiger partial charge in [0.15, 0.2) is 0 Å². The second kappa shape index (κ2) is 8.46. The van der Waals surface area contributed by atoms with Crippen molar-refractivity contribution in [2.45, 2.75) is 32.4 Å². The first-order valence-corrected chi connectivity index (χ1v) is 12.9. The van der Waals surface area contributed by atoms with E-state index in [2.05, 4.69) is 41.2 Å². The first-order valence-electron chi connectivity index (χ1n) is 9.21. The largest absolute Gasteiger partial charge is 0.497 e. The molecule has 0 saturated carbocycles. The SMILES string of the molecule is COc1ccc2nc(-c3ccncc3C#CN)n(COCC[Si](C)(C)C)c2c1. The monoisotopic (exact) mass is 394 g/mol. The molecule has 146 valence electrons. The fourth-order valence-corrected chi connectivity index (χ4v) is 3.62. The van der Waals surface area contributed by atoms with Gasteiger partial charge in [-0.1, -0.05) is 19.6 Å². The lowest BCUT2D eigenvalue weighted by molar-refractivity contribution is 0.0909. The molecule has 0 spiro atoms. The van der Waals surface area contributed by atoms with Gasteiger partial charge in [-0.25, -0.2) is 4.98 Å². The molecule has 0 unspecified atom stereocenters. The van der Waals surface area contributed by atoms with Crippen molar-refractivity contribution in [1.82, 2.24) is 14.5 Å². The summed E-state index contributed by atoms with van der Waals surface area (Å²) in [7, 11) is 0.503. The predicted molar refractivity (Wildman–Crippen MR) is 115 cm³/mol. The Labute approximate surface area is 166 Å². The van der Waals surface area contributed by atoms with Gasteiger partial charge in [-0.2, -0.15) is 0 Å². The lowest BCUT2D eigenvalue weighted by atomic mass is 10.1. The molecule has 0 atom stereocenters. The highest BCUT2D eigenvalue weighted by molar-refractivity contribution is 6.76. The van der Waals surface area contributed by atoms with Crippen molar-refractivity contribution in [3.05, 3.63) is 42.2 Å². The summed E-state index contributed by atoms with van der Waals surface area (Å²) in [5, 5.41) is 0. The van der Waals surface area contributed by atoms with Crippen LogP contribution in [0.4, 0.5) is 0 Å². The Balaban J connectivity index is 2.05. The third kappa shape index (κ3) is 4.53. The van der Waals surface area contributed by atoms with Crippen LogP contribution in [0.25, 0.3) is 22.4 Å². The number of ether oxygens (including phenoxy) is 2. The Bertz CT molecular complexity index is 1030. The molecule has 28 heavy (non-hydrogen) atoms. The van der Waals surface area contributed by atoms with Gasteiger partial charge in [0, 0.05) is 44.7 Å². The molecule has 7 heteroatoms. The van der Waals surface area contributed by atoms with Crippen molar-refractivity contribution in [3.63, 3.8) is 0 Å². The molecule has 0 fully saturated rings. The fourth-order valence-electron chi connectivity index (χ4n) is 2.87. The summed E-state index contributed by atoms with van der Waals surface area (Å²) in [6.45, 7) is 8.15. The van der Waals surface area contributed by atoms with Gasteiger partial charge in [0.1, 0.15) is 18.3 Å². The zero-order valence-electron chi connectivity index (χ0n) is 16.8. The number of nitrogens with two attached hydrogens (primary N) is 1. The van der Waals surface area contributed by atoms with Gasteiger partial charge in [0.2, 0.25) is 0 Å². The van der Waals surface area contributed by atoms with Gasteiger partial charge < -0.3 is 15.2 Å². The average Bonchev–Trinajstić information content (AvgIpc) is 3.02. The van der Waals surface area contributed by atoms with E-state index in [1.165, 1.54) is 0 Å². The predicted octanol–water partition coefficient (Wildman–Crippen LogP) is 3.69. The molecule has 6 nitrogen and oxygen atoms in total. The number of nitrogens with zero attached hydrogens (tertiary/aromatic N) is 3. The number of hydrogen-bond acceptors (Lipinski definition) is 5. The molecule has 0 aliphatic carbocycles. The number of hydrogen-bond donors (Lipinski definition) is 1. The minimum Gasteiger partial charge on any atom is -0.497 e. The number of methoxy groups -OCH3 is 1. The summed E-state index contributed by atoms with van der Waals surface area (Å²) in [5.74, 6) is 4.46. The Morgan fingerprint density at radius 1 is 1.21 bits per heavy atom. The summed E-state index contributed by atoms with van der Waals surface area (Å²) in [6.07, 6.45) is 3.43. The number of imidazole rings is 1. The second-order valence-electron chi connectivity index (χ2n) is 7.76. The molecule has 0 saturated heterocycles. The van der Waals surface area contributed by atoms with Gasteiger partial charge in [-0.15, -0.1) is 0 Å². The van der Waals surface area contributed by atoms with Crippen LogP contribution in [-0.2, 0) is 11.5 Å². The first kappa shape index (κ1) is 19.9. The molecule has 0 aliphatic rings. The third-order valence-corrected chi connectivity index (χ3v) is 6.15. The Kier molecular flexibility index (Phi) is 6.02. The van der Waals surface area contributed by atoms with E-state index >= 15 is 0 Å². The molecule has 2 aromatic heterocycles. The number of pyridine rings is 1. The van der Waals surface area contributed by atoms with Crippen LogP contribution in [-0.4, -0.2) is 36.3 Å². The molecule has 0 bridgehead atoms. The lowest BCUT2D eigenvalue weighted by Crippen LogP contribution is -2.22. The molecule has 2 heterocycles. The number of fused-ring (bicyclic) bond motifs is 1. The number of benzene rings is 1. The highest BCUT2D eigenvalue weighted by atomic mass is 28.3. The quantitative estimate of drug-likeness (QED) is 0.286. The highest BCUT2D eigenvalue weighted by Crippen LogP contribution is 2.29. The topological polar surface area (TPSA) is 75.2 Å². The van der Waals surface area contributed by atoms with Gasteiger partial charge in [-0.05, 0) is 30.2 Å². The van der Waals surface area contributed by atoms with E-state index in [9.17, 15) is 0 Å². The third-order valence-electron chi connectivity index (χ3n) is 4.44. The van der Waals surface area contributed by atoms with Crippen molar-refractivity contribution in [2.24, 2.45) is 5.73 Å². The summed E-state index contributed by atoms with van der Waals surface area (Å²) in [6, 6.07) is 11.3. The number of aromatic nitrogens is 3.